The summed E-state index contributed by atoms with van der Waals surface area (Å²) in [5.74, 6) is 2.02. The first-order valence-corrected chi connectivity index (χ1v) is 8.82. The van der Waals surface area contributed by atoms with Crippen LogP contribution in [0.2, 0.25) is 0 Å². The molecular weight excluding hydrogens is 348 g/mol. The number of tetrazole rings is 1. The molecule has 27 heavy (non-hydrogen) atoms. The van der Waals surface area contributed by atoms with Crippen LogP contribution in [0.5, 0.6) is 0 Å². The lowest BCUT2D eigenvalue weighted by Gasteiger charge is -2.31. The molecular formula is C17H20N8O2. The number of hydrogen-bond acceptors (Lipinski definition) is 7. The largest absolute Gasteiger partial charge is 0.340 e. The van der Waals surface area contributed by atoms with E-state index in [2.05, 4.69) is 31.0 Å². The Balaban J connectivity index is 1.40. The van der Waals surface area contributed by atoms with E-state index in [0.29, 0.717) is 36.3 Å². The second kappa shape index (κ2) is 7.14. The van der Waals surface area contributed by atoms with E-state index >= 15 is 0 Å². The summed E-state index contributed by atoms with van der Waals surface area (Å²) in [5.41, 5.74) is 1.55. The van der Waals surface area contributed by atoms with Gasteiger partial charge in [0.25, 0.3) is 0 Å². The molecule has 1 unspecified atom stereocenters. The molecule has 140 valence electrons. The summed E-state index contributed by atoms with van der Waals surface area (Å²) in [6, 6.07) is 7.25. The predicted molar refractivity (Wildman–Crippen MR) is 95.5 cm³/mol. The number of aromatic nitrogens is 6. The predicted octanol–water partition coefficient (Wildman–Crippen LogP) is 2.07. The molecule has 1 aliphatic rings. The maximum atomic E-state index is 12.6. The van der Waals surface area contributed by atoms with Crippen molar-refractivity contribution in [2.24, 2.45) is 0 Å². The van der Waals surface area contributed by atoms with Gasteiger partial charge in [-0.05, 0) is 54.5 Å². The molecule has 0 spiro atoms. The smallest absolute Gasteiger partial charge is 0.321 e. The average Bonchev–Trinajstić information content (AvgIpc) is 3.31. The quantitative estimate of drug-likeness (QED) is 0.752. The van der Waals surface area contributed by atoms with Gasteiger partial charge < -0.3 is 14.7 Å². The third-order valence-electron chi connectivity index (χ3n) is 4.61. The van der Waals surface area contributed by atoms with Crippen molar-refractivity contribution in [3.8, 4) is 5.69 Å². The number of carbonyl (C=O) groups is 1. The maximum Gasteiger partial charge on any atom is 0.321 e. The first kappa shape index (κ1) is 17.1. The van der Waals surface area contributed by atoms with Crippen LogP contribution >= 0.6 is 0 Å². The van der Waals surface area contributed by atoms with Crippen molar-refractivity contribution in [2.45, 2.75) is 32.6 Å². The van der Waals surface area contributed by atoms with Gasteiger partial charge in [-0.15, -0.1) is 5.10 Å². The Labute approximate surface area is 155 Å². The Morgan fingerprint density at radius 2 is 2.07 bits per heavy atom. The molecule has 3 heterocycles. The van der Waals surface area contributed by atoms with Crippen LogP contribution < -0.4 is 5.32 Å². The van der Waals surface area contributed by atoms with Crippen LogP contribution in [0.3, 0.4) is 0 Å². The number of aryl methyl sites for hydroxylation is 2. The Kier molecular flexibility index (Phi) is 4.53. The fraction of sp³-hybridized carbons (Fsp3) is 0.412. The number of likely N-dealkylation sites (tertiary alicyclic amines) is 1. The first-order valence-electron chi connectivity index (χ1n) is 8.82. The van der Waals surface area contributed by atoms with Gasteiger partial charge in [0, 0.05) is 31.6 Å². The number of piperidine rings is 1. The molecule has 10 heteroatoms. The summed E-state index contributed by atoms with van der Waals surface area (Å²) in [6.07, 6.45) is 1.85. The van der Waals surface area contributed by atoms with Crippen LogP contribution in [0, 0.1) is 13.8 Å². The molecule has 1 aliphatic heterocycles. The van der Waals surface area contributed by atoms with Crippen molar-refractivity contribution in [3.63, 3.8) is 0 Å². The van der Waals surface area contributed by atoms with Crippen LogP contribution in [0.15, 0.2) is 28.8 Å². The minimum absolute atomic E-state index is 0.104. The maximum absolute atomic E-state index is 12.6. The molecule has 2 amide bonds. The number of anilines is 1. The fourth-order valence-corrected chi connectivity index (χ4v) is 3.21. The Hall–Kier alpha value is -3.30. The van der Waals surface area contributed by atoms with Crippen molar-refractivity contribution in [1.29, 1.82) is 0 Å². The lowest BCUT2D eigenvalue weighted by Crippen LogP contribution is -2.41. The Morgan fingerprint density at radius 1 is 1.26 bits per heavy atom. The van der Waals surface area contributed by atoms with Crippen LogP contribution in [-0.2, 0) is 0 Å². The highest BCUT2D eigenvalue weighted by Gasteiger charge is 2.27. The normalized spacial score (nSPS) is 17.1. The first-order chi connectivity index (χ1) is 13.1. The monoisotopic (exact) mass is 368 g/mol. The zero-order valence-corrected chi connectivity index (χ0v) is 15.2. The van der Waals surface area contributed by atoms with Crippen LogP contribution in [0.4, 0.5) is 10.5 Å². The zero-order valence-electron chi connectivity index (χ0n) is 15.2. The van der Waals surface area contributed by atoms with Gasteiger partial charge in [0.15, 0.2) is 11.6 Å². The van der Waals surface area contributed by atoms with Gasteiger partial charge in [-0.25, -0.2) is 4.79 Å². The molecule has 4 rings (SSSR count). The summed E-state index contributed by atoms with van der Waals surface area (Å²) >= 11 is 0. The summed E-state index contributed by atoms with van der Waals surface area (Å²) in [7, 11) is 0. The Bertz CT molecular complexity index is 933. The second-order valence-electron chi connectivity index (χ2n) is 6.57. The second-order valence-corrected chi connectivity index (χ2v) is 6.57. The molecule has 1 N–H and O–H groups in total. The molecule has 1 saturated heterocycles. The number of carbonyl (C=O) groups excluding carboxylic acids is 1. The van der Waals surface area contributed by atoms with E-state index in [9.17, 15) is 4.79 Å². The number of hydrogen-bond donors (Lipinski definition) is 1. The van der Waals surface area contributed by atoms with Crippen LogP contribution in [0.25, 0.3) is 5.69 Å². The minimum atomic E-state index is -0.133. The van der Waals surface area contributed by atoms with Crippen molar-refractivity contribution in [1.82, 2.24) is 35.2 Å². The van der Waals surface area contributed by atoms with Gasteiger partial charge in [-0.3, -0.25) is 0 Å². The van der Waals surface area contributed by atoms with E-state index in [1.54, 1.807) is 16.5 Å². The molecule has 2 aromatic heterocycles. The van der Waals surface area contributed by atoms with E-state index < -0.39 is 0 Å². The van der Waals surface area contributed by atoms with Crippen molar-refractivity contribution < 1.29 is 9.32 Å². The number of amides is 2. The van der Waals surface area contributed by atoms with Gasteiger partial charge in [0.1, 0.15) is 0 Å². The SMILES string of the molecule is Cc1nc(C2CCCN(C(=O)Nc3ccc(-n4nnnc4C)cc3)C2)no1. The lowest BCUT2D eigenvalue weighted by atomic mass is 9.98. The van der Waals surface area contributed by atoms with Gasteiger partial charge in [-0.2, -0.15) is 9.67 Å². The van der Waals surface area contributed by atoms with Gasteiger partial charge in [-0.1, -0.05) is 5.16 Å². The van der Waals surface area contributed by atoms with E-state index in [1.807, 2.05) is 31.2 Å². The van der Waals surface area contributed by atoms with E-state index in [1.165, 1.54) is 0 Å². The molecule has 0 radical (unpaired) electrons. The van der Waals surface area contributed by atoms with Crippen molar-refractivity contribution in [3.05, 3.63) is 41.8 Å². The average molecular weight is 368 g/mol. The molecule has 1 fully saturated rings. The van der Waals surface area contributed by atoms with Crippen molar-refractivity contribution in [2.75, 3.05) is 18.4 Å². The zero-order chi connectivity index (χ0) is 18.8. The van der Waals surface area contributed by atoms with E-state index in [-0.39, 0.29) is 11.9 Å². The number of rotatable bonds is 3. The van der Waals surface area contributed by atoms with Gasteiger partial charge >= 0.3 is 6.03 Å². The number of nitrogens with zero attached hydrogens (tertiary/aromatic N) is 7. The van der Waals surface area contributed by atoms with E-state index in [4.69, 9.17) is 4.52 Å². The topological polar surface area (TPSA) is 115 Å². The highest BCUT2D eigenvalue weighted by molar-refractivity contribution is 5.89. The number of urea groups is 1. The summed E-state index contributed by atoms with van der Waals surface area (Å²) in [5, 5.41) is 18.4. The molecule has 0 saturated carbocycles. The van der Waals surface area contributed by atoms with Crippen LogP contribution in [-0.4, -0.2) is 54.4 Å². The molecule has 0 bridgehead atoms. The highest BCUT2D eigenvalue weighted by atomic mass is 16.5. The van der Waals surface area contributed by atoms with Gasteiger partial charge in [0.05, 0.1) is 5.69 Å². The van der Waals surface area contributed by atoms with Gasteiger partial charge in [0.2, 0.25) is 5.89 Å². The summed E-state index contributed by atoms with van der Waals surface area (Å²) in [4.78, 5) is 18.7. The number of benzene rings is 1. The minimum Gasteiger partial charge on any atom is -0.340 e. The molecule has 1 atom stereocenters. The molecule has 10 nitrogen and oxygen atoms in total. The summed E-state index contributed by atoms with van der Waals surface area (Å²) in [6.45, 7) is 4.88. The van der Waals surface area contributed by atoms with Crippen LogP contribution in [0.1, 0.15) is 36.3 Å². The number of nitrogens with one attached hydrogen (secondary N) is 1. The molecule has 1 aromatic carbocycles. The highest BCUT2D eigenvalue weighted by Crippen LogP contribution is 2.25. The third-order valence-corrected chi connectivity index (χ3v) is 4.61. The standard InChI is InChI=1S/C17H20N8O2/c1-11-20-22-23-25(11)15-7-5-14(6-8-15)19-17(26)24-9-3-4-13(10-24)16-18-12(2)27-21-16/h5-8,13H,3-4,9-10H2,1-2H3,(H,19,26). The third kappa shape index (κ3) is 3.64. The fourth-order valence-electron chi connectivity index (χ4n) is 3.21. The Morgan fingerprint density at radius 3 is 2.74 bits per heavy atom. The lowest BCUT2D eigenvalue weighted by molar-refractivity contribution is 0.190. The van der Waals surface area contributed by atoms with E-state index in [0.717, 1.165) is 18.5 Å². The molecule has 3 aromatic rings. The van der Waals surface area contributed by atoms with Crippen molar-refractivity contribution >= 4 is 11.7 Å². The summed E-state index contributed by atoms with van der Waals surface area (Å²) < 4.78 is 6.70. The molecule has 0 aliphatic carbocycles.